The first kappa shape index (κ1) is 19.1. The lowest BCUT2D eigenvalue weighted by molar-refractivity contribution is -0.146. The first-order valence-electron chi connectivity index (χ1n) is 8.88. The lowest BCUT2D eigenvalue weighted by atomic mass is 9.78. The Labute approximate surface area is 155 Å². The number of ether oxygens (including phenoxy) is 1. The quantitative estimate of drug-likeness (QED) is 0.771. The summed E-state index contributed by atoms with van der Waals surface area (Å²) >= 11 is 0. The third-order valence-corrected chi connectivity index (χ3v) is 7.33. The third-order valence-electron chi connectivity index (χ3n) is 5.44. The topological polar surface area (TPSA) is 70.2 Å². The van der Waals surface area contributed by atoms with Gasteiger partial charge in [-0.15, -0.1) is 0 Å². The number of piperidine rings is 1. The number of likely N-dealkylation sites (tertiary alicyclic amines) is 1. The second-order valence-corrected chi connectivity index (χ2v) is 9.48. The highest BCUT2D eigenvalue weighted by Crippen LogP contribution is 2.41. The Balaban J connectivity index is 1.76. The summed E-state index contributed by atoms with van der Waals surface area (Å²) in [5.74, 6) is 0.841. The summed E-state index contributed by atoms with van der Waals surface area (Å²) in [7, 11) is 1.19. The van der Waals surface area contributed by atoms with Crippen LogP contribution in [-0.2, 0) is 21.5 Å². The van der Waals surface area contributed by atoms with Crippen molar-refractivity contribution in [2.45, 2.75) is 25.8 Å². The fourth-order valence-corrected chi connectivity index (χ4v) is 5.13. The lowest BCUT2D eigenvalue weighted by Gasteiger charge is -2.39. The molecular formula is C18H27N3O4S. The Hall–Kier alpha value is -1.64. The van der Waals surface area contributed by atoms with Gasteiger partial charge < -0.3 is 9.64 Å². The van der Waals surface area contributed by atoms with E-state index in [0.29, 0.717) is 26.1 Å². The summed E-state index contributed by atoms with van der Waals surface area (Å²) in [6, 6.07) is 7.71. The van der Waals surface area contributed by atoms with Gasteiger partial charge in [-0.3, -0.25) is 4.79 Å². The first-order valence-corrected chi connectivity index (χ1v) is 10.3. The number of amides is 1. The first-order chi connectivity index (χ1) is 12.3. The van der Waals surface area contributed by atoms with Crippen LogP contribution >= 0.6 is 0 Å². The molecule has 144 valence electrons. The molecule has 2 aliphatic heterocycles. The van der Waals surface area contributed by atoms with Crippen LogP contribution in [0.4, 0.5) is 0 Å². The highest BCUT2D eigenvalue weighted by molar-refractivity contribution is 7.86. The molecule has 0 aliphatic carbocycles. The van der Waals surface area contributed by atoms with Crippen molar-refractivity contribution >= 4 is 16.1 Å². The standard InChI is InChI=1S/C18H27N3O4S/c1-19(2)26(23,24)21-11-9-18(14-21)8-5-10-20(17(18)22)13-15-6-4-7-16(12-15)25-3/h4,6-7,12H,5,8-11,13-14H2,1-3H3/t18-/m1/s1. The van der Waals surface area contributed by atoms with E-state index in [4.69, 9.17) is 4.74 Å². The Kier molecular flexibility index (Phi) is 5.28. The predicted molar refractivity (Wildman–Crippen MR) is 98.9 cm³/mol. The van der Waals surface area contributed by atoms with E-state index in [1.54, 1.807) is 7.11 Å². The maximum atomic E-state index is 13.2. The van der Waals surface area contributed by atoms with Gasteiger partial charge in [0.2, 0.25) is 5.91 Å². The zero-order chi connectivity index (χ0) is 18.9. The molecule has 2 aliphatic rings. The van der Waals surface area contributed by atoms with E-state index in [9.17, 15) is 13.2 Å². The Bertz CT molecular complexity index is 780. The van der Waals surface area contributed by atoms with Gasteiger partial charge in [-0.2, -0.15) is 17.0 Å². The highest BCUT2D eigenvalue weighted by Gasteiger charge is 2.51. The van der Waals surface area contributed by atoms with Gasteiger partial charge >= 0.3 is 0 Å². The molecular weight excluding hydrogens is 354 g/mol. The molecule has 8 heteroatoms. The average Bonchev–Trinajstić information content (AvgIpc) is 3.05. The fourth-order valence-electron chi connectivity index (χ4n) is 3.94. The van der Waals surface area contributed by atoms with Crippen LogP contribution in [0.2, 0.25) is 0 Å². The van der Waals surface area contributed by atoms with Crippen molar-refractivity contribution in [2.24, 2.45) is 5.41 Å². The van der Waals surface area contributed by atoms with Crippen molar-refractivity contribution in [3.8, 4) is 5.75 Å². The number of carbonyl (C=O) groups is 1. The molecule has 0 saturated carbocycles. The highest BCUT2D eigenvalue weighted by atomic mass is 32.2. The minimum Gasteiger partial charge on any atom is -0.497 e. The number of methoxy groups -OCH3 is 1. The molecule has 0 N–H and O–H groups in total. The van der Waals surface area contributed by atoms with Crippen molar-refractivity contribution in [1.82, 2.24) is 13.5 Å². The molecule has 1 aromatic carbocycles. The van der Waals surface area contributed by atoms with Crippen molar-refractivity contribution in [2.75, 3.05) is 40.8 Å². The van der Waals surface area contributed by atoms with Crippen LogP contribution in [-0.4, -0.2) is 68.7 Å². The van der Waals surface area contributed by atoms with Gasteiger partial charge in [0.15, 0.2) is 0 Å². The summed E-state index contributed by atoms with van der Waals surface area (Å²) in [6.45, 7) is 1.91. The van der Waals surface area contributed by atoms with Crippen LogP contribution in [0.5, 0.6) is 5.75 Å². The van der Waals surface area contributed by atoms with E-state index in [0.717, 1.165) is 24.2 Å². The number of hydrogen-bond acceptors (Lipinski definition) is 4. The zero-order valence-corrected chi connectivity index (χ0v) is 16.5. The number of hydrogen-bond donors (Lipinski definition) is 0. The number of carbonyl (C=O) groups excluding carboxylic acids is 1. The van der Waals surface area contributed by atoms with Gasteiger partial charge in [-0.1, -0.05) is 12.1 Å². The van der Waals surface area contributed by atoms with E-state index in [2.05, 4.69) is 0 Å². The predicted octanol–water partition coefficient (Wildman–Crippen LogP) is 1.32. The van der Waals surface area contributed by atoms with Crippen LogP contribution in [0.25, 0.3) is 0 Å². The largest absolute Gasteiger partial charge is 0.497 e. The van der Waals surface area contributed by atoms with Gasteiger partial charge in [0.05, 0.1) is 12.5 Å². The van der Waals surface area contributed by atoms with Gasteiger partial charge in [0.1, 0.15) is 5.75 Å². The smallest absolute Gasteiger partial charge is 0.281 e. The maximum Gasteiger partial charge on any atom is 0.281 e. The van der Waals surface area contributed by atoms with Crippen LogP contribution < -0.4 is 4.74 Å². The number of nitrogens with zero attached hydrogens (tertiary/aromatic N) is 3. The van der Waals surface area contributed by atoms with Crippen molar-refractivity contribution in [3.05, 3.63) is 29.8 Å². The third kappa shape index (κ3) is 3.45. The van der Waals surface area contributed by atoms with Crippen LogP contribution in [0.1, 0.15) is 24.8 Å². The van der Waals surface area contributed by atoms with Gasteiger partial charge in [0.25, 0.3) is 10.2 Å². The molecule has 2 heterocycles. The molecule has 0 radical (unpaired) electrons. The number of rotatable bonds is 5. The van der Waals surface area contributed by atoms with Crippen LogP contribution in [0, 0.1) is 5.41 Å². The minimum absolute atomic E-state index is 0.0722. The van der Waals surface area contributed by atoms with E-state index < -0.39 is 15.6 Å². The van der Waals surface area contributed by atoms with Crippen molar-refractivity contribution < 1.29 is 17.9 Å². The number of benzene rings is 1. The van der Waals surface area contributed by atoms with Gasteiger partial charge in [0, 0.05) is 40.3 Å². The average molecular weight is 381 g/mol. The van der Waals surface area contributed by atoms with E-state index >= 15 is 0 Å². The van der Waals surface area contributed by atoms with Crippen LogP contribution in [0.3, 0.4) is 0 Å². The van der Waals surface area contributed by atoms with Crippen LogP contribution in [0.15, 0.2) is 24.3 Å². The van der Waals surface area contributed by atoms with Gasteiger partial charge in [-0.25, -0.2) is 0 Å². The molecule has 7 nitrogen and oxygen atoms in total. The second kappa shape index (κ2) is 7.17. The molecule has 26 heavy (non-hydrogen) atoms. The van der Waals surface area contributed by atoms with Crippen molar-refractivity contribution in [1.29, 1.82) is 0 Å². The molecule has 0 aromatic heterocycles. The molecule has 2 fully saturated rings. The molecule has 0 bridgehead atoms. The Morgan fingerprint density at radius 2 is 2.00 bits per heavy atom. The Morgan fingerprint density at radius 1 is 1.23 bits per heavy atom. The SMILES string of the molecule is COc1cccc(CN2CCC[C@]3(CCN(S(=O)(=O)N(C)C)C3)C2=O)c1. The lowest BCUT2D eigenvalue weighted by Crippen LogP contribution is -2.50. The summed E-state index contributed by atoms with van der Waals surface area (Å²) in [5, 5.41) is 0. The summed E-state index contributed by atoms with van der Waals surface area (Å²) in [6.07, 6.45) is 2.24. The summed E-state index contributed by atoms with van der Waals surface area (Å²) < 4.78 is 32.8. The molecule has 1 aromatic rings. The van der Waals surface area contributed by atoms with Crippen molar-refractivity contribution in [3.63, 3.8) is 0 Å². The molecule has 2 saturated heterocycles. The fraction of sp³-hybridized carbons (Fsp3) is 0.611. The molecule has 1 amide bonds. The van der Waals surface area contributed by atoms with E-state index in [1.807, 2.05) is 29.2 Å². The summed E-state index contributed by atoms with van der Waals surface area (Å²) in [5.41, 5.74) is 0.436. The molecule has 1 atom stereocenters. The van der Waals surface area contributed by atoms with Gasteiger partial charge in [-0.05, 0) is 37.0 Å². The second-order valence-electron chi connectivity index (χ2n) is 7.34. The monoisotopic (exact) mass is 381 g/mol. The molecule has 3 rings (SSSR count). The minimum atomic E-state index is -3.48. The molecule has 0 unspecified atom stereocenters. The summed E-state index contributed by atoms with van der Waals surface area (Å²) in [4.78, 5) is 15.1. The van der Waals surface area contributed by atoms with E-state index in [-0.39, 0.29) is 12.5 Å². The Morgan fingerprint density at radius 3 is 2.69 bits per heavy atom. The maximum absolute atomic E-state index is 13.2. The zero-order valence-electron chi connectivity index (χ0n) is 15.6. The molecule has 1 spiro atoms. The normalized spacial score (nSPS) is 24.6. The van der Waals surface area contributed by atoms with E-state index in [1.165, 1.54) is 22.7 Å².